The van der Waals surface area contributed by atoms with Crippen LogP contribution in [0, 0.1) is 5.92 Å². The SMILES string of the molecule is Cl.NCC1CCN(CC(=O)Nc2cc(Cl)c(Cl)cc2Cl)CC1. The molecular formula is C14H19Cl4N3O. The first-order chi connectivity index (χ1) is 9.99. The van der Waals surface area contributed by atoms with Crippen LogP contribution in [0.25, 0.3) is 0 Å². The summed E-state index contributed by atoms with van der Waals surface area (Å²) >= 11 is 17.8. The van der Waals surface area contributed by atoms with Gasteiger partial charge in [0.25, 0.3) is 0 Å². The summed E-state index contributed by atoms with van der Waals surface area (Å²) in [6.07, 6.45) is 2.08. The van der Waals surface area contributed by atoms with Crippen LogP contribution in [0.3, 0.4) is 0 Å². The average molecular weight is 387 g/mol. The van der Waals surface area contributed by atoms with E-state index >= 15 is 0 Å². The maximum atomic E-state index is 12.1. The van der Waals surface area contributed by atoms with Crippen molar-refractivity contribution >= 4 is 58.8 Å². The van der Waals surface area contributed by atoms with Crippen molar-refractivity contribution in [2.24, 2.45) is 11.7 Å². The molecule has 3 N–H and O–H groups in total. The van der Waals surface area contributed by atoms with Crippen molar-refractivity contribution in [3.05, 3.63) is 27.2 Å². The van der Waals surface area contributed by atoms with E-state index in [-0.39, 0.29) is 18.3 Å². The maximum Gasteiger partial charge on any atom is 0.238 e. The molecule has 1 saturated heterocycles. The summed E-state index contributed by atoms with van der Waals surface area (Å²) in [4.78, 5) is 14.2. The van der Waals surface area contributed by atoms with E-state index in [2.05, 4.69) is 10.2 Å². The van der Waals surface area contributed by atoms with Gasteiger partial charge in [-0.05, 0) is 50.5 Å². The number of benzene rings is 1. The molecule has 1 aromatic carbocycles. The molecule has 0 aliphatic carbocycles. The number of amides is 1. The minimum absolute atomic E-state index is 0. The zero-order valence-corrected chi connectivity index (χ0v) is 15.0. The molecule has 2 rings (SSSR count). The van der Waals surface area contributed by atoms with E-state index in [1.54, 1.807) is 6.07 Å². The highest BCUT2D eigenvalue weighted by molar-refractivity contribution is 6.44. The number of carbonyl (C=O) groups is 1. The van der Waals surface area contributed by atoms with Gasteiger partial charge in [-0.25, -0.2) is 0 Å². The van der Waals surface area contributed by atoms with Gasteiger partial charge in [0.1, 0.15) is 0 Å². The molecule has 1 amide bonds. The summed E-state index contributed by atoms with van der Waals surface area (Å²) in [5.41, 5.74) is 6.14. The van der Waals surface area contributed by atoms with E-state index in [0.29, 0.717) is 33.2 Å². The van der Waals surface area contributed by atoms with Gasteiger partial charge < -0.3 is 11.1 Å². The van der Waals surface area contributed by atoms with Gasteiger partial charge in [-0.1, -0.05) is 34.8 Å². The third-order valence-electron chi connectivity index (χ3n) is 3.69. The molecule has 0 radical (unpaired) electrons. The van der Waals surface area contributed by atoms with Gasteiger partial charge in [0.2, 0.25) is 5.91 Å². The van der Waals surface area contributed by atoms with E-state index in [4.69, 9.17) is 40.5 Å². The number of hydrogen-bond acceptors (Lipinski definition) is 3. The summed E-state index contributed by atoms with van der Waals surface area (Å²) in [6.45, 7) is 2.85. The molecule has 124 valence electrons. The Bertz CT molecular complexity index is 519. The molecule has 22 heavy (non-hydrogen) atoms. The lowest BCUT2D eigenvalue weighted by Crippen LogP contribution is -2.40. The third kappa shape index (κ3) is 5.44. The van der Waals surface area contributed by atoms with Crippen LogP contribution in [-0.2, 0) is 4.79 Å². The minimum Gasteiger partial charge on any atom is -0.330 e. The number of carbonyl (C=O) groups excluding carboxylic acids is 1. The summed E-state index contributed by atoms with van der Waals surface area (Å²) in [7, 11) is 0. The van der Waals surface area contributed by atoms with Crippen molar-refractivity contribution < 1.29 is 4.79 Å². The van der Waals surface area contributed by atoms with Crippen molar-refractivity contribution in [2.75, 3.05) is 31.5 Å². The smallest absolute Gasteiger partial charge is 0.238 e. The van der Waals surface area contributed by atoms with Gasteiger partial charge in [-0.15, -0.1) is 12.4 Å². The Morgan fingerprint density at radius 2 is 1.77 bits per heavy atom. The number of nitrogens with two attached hydrogens (primary N) is 1. The molecule has 1 aliphatic rings. The van der Waals surface area contributed by atoms with Crippen LogP contribution in [0.5, 0.6) is 0 Å². The molecule has 1 aliphatic heterocycles. The monoisotopic (exact) mass is 385 g/mol. The highest BCUT2D eigenvalue weighted by Gasteiger charge is 2.20. The highest BCUT2D eigenvalue weighted by atomic mass is 35.5. The molecule has 0 bridgehead atoms. The van der Waals surface area contributed by atoms with Crippen LogP contribution in [0.2, 0.25) is 15.1 Å². The molecule has 1 fully saturated rings. The predicted molar refractivity (Wildman–Crippen MR) is 95.6 cm³/mol. The zero-order chi connectivity index (χ0) is 15.4. The van der Waals surface area contributed by atoms with E-state index in [9.17, 15) is 4.79 Å². The Labute approximate surface area is 151 Å². The Kier molecular flexibility index (Phi) is 8.25. The molecule has 8 heteroatoms. The summed E-state index contributed by atoms with van der Waals surface area (Å²) in [5.74, 6) is 0.468. The second-order valence-electron chi connectivity index (χ2n) is 5.25. The normalized spacial score (nSPS) is 16.2. The second-order valence-corrected chi connectivity index (χ2v) is 6.47. The van der Waals surface area contributed by atoms with Crippen LogP contribution in [-0.4, -0.2) is 37.0 Å². The molecule has 0 atom stereocenters. The van der Waals surface area contributed by atoms with Crippen molar-refractivity contribution in [3.63, 3.8) is 0 Å². The van der Waals surface area contributed by atoms with Gasteiger partial charge in [0.15, 0.2) is 0 Å². The Morgan fingerprint density at radius 3 is 2.36 bits per heavy atom. The van der Waals surface area contributed by atoms with Crippen LogP contribution < -0.4 is 11.1 Å². The van der Waals surface area contributed by atoms with Crippen LogP contribution in [0.15, 0.2) is 12.1 Å². The van der Waals surface area contributed by atoms with Crippen LogP contribution >= 0.6 is 47.2 Å². The predicted octanol–water partition coefficient (Wildman–Crippen LogP) is 3.68. The molecule has 1 heterocycles. The summed E-state index contributed by atoms with van der Waals surface area (Å²) < 4.78 is 0. The van der Waals surface area contributed by atoms with E-state index < -0.39 is 0 Å². The van der Waals surface area contributed by atoms with E-state index in [1.807, 2.05) is 0 Å². The fourth-order valence-corrected chi connectivity index (χ4v) is 2.99. The van der Waals surface area contributed by atoms with Crippen molar-refractivity contribution in [1.29, 1.82) is 0 Å². The largest absolute Gasteiger partial charge is 0.330 e. The number of hydrogen-bond donors (Lipinski definition) is 2. The molecule has 0 aromatic heterocycles. The van der Waals surface area contributed by atoms with Gasteiger partial charge in [0.05, 0.1) is 27.3 Å². The molecule has 0 spiro atoms. The topological polar surface area (TPSA) is 58.4 Å². The fraction of sp³-hybridized carbons (Fsp3) is 0.500. The number of halogens is 4. The second kappa shape index (κ2) is 9.16. The lowest BCUT2D eigenvalue weighted by Gasteiger charge is -2.30. The number of likely N-dealkylation sites (tertiary alicyclic amines) is 1. The first kappa shape index (κ1) is 19.8. The quantitative estimate of drug-likeness (QED) is 0.776. The first-order valence-corrected chi connectivity index (χ1v) is 7.99. The first-order valence-electron chi connectivity index (χ1n) is 6.86. The Balaban J connectivity index is 0.00000242. The lowest BCUT2D eigenvalue weighted by molar-refractivity contribution is -0.117. The molecule has 4 nitrogen and oxygen atoms in total. The number of piperidine rings is 1. The number of nitrogens with one attached hydrogen (secondary N) is 1. The van der Waals surface area contributed by atoms with Gasteiger partial charge in [-0.2, -0.15) is 0 Å². The van der Waals surface area contributed by atoms with Gasteiger partial charge >= 0.3 is 0 Å². The van der Waals surface area contributed by atoms with Crippen LogP contribution in [0.4, 0.5) is 5.69 Å². The Hall–Kier alpha value is -0.230. The maximum absolute atomic E-state index is 12.1. The number of anilines is 1. The van der Waals surface area contributed by atoms with E-state index in [1.165, 1.54) is 6.07 Å². The van der Waals surface area contributed by atoms with Crippen molar-refractivity contribution in [1.82, 2.24) is 4.90 Å². The summed E-state index contributed by atoms with van der Waals surface area (Å²) in [5, 5.41) is 3.87. The summed E-state index contributed by atoms with van der Waals surface area (Å²) in [6, 6.07) is 3.08. The average Bonchev–Trinajstić information content (AvgIpc) is 2.45. The minimum atomic E-state index is -0.110. The van der Waals surface area contributed by atoms with Gasteiger partial charge in [-0.3, -0.25) is 9.69 Å². The molecule has 1 aromatic rings. The number of rotatable bonds is 4. The van der Waals surface area contributed by atoms with Crippen molar-refractivity contribution in [3.8, 4) is 0 Å². The van der Waals surface area contributed by atoms with Gasteiger partial charge in [0, 0.05) is 0 Å². The van der Waals surface area contributed by atoms with E-state index in [0.717, 1.165) is 32.5 Å². The third-order valence-corrected chi connectivity index (χ3v) is 4.73. The highest BCUT2D eigenvalue weighted by Crippen LogP contribution is 2.32. The standard InChI is InChI=1S/C14H18Cl3N3O.ClH/c15-10-5-12(17)13(6-11(10)16)19-14(21)8-20-3-1-9(7-18)2-4-20;/h5-6,9H,1-4,7-8,18H2,(H,19,21);1H. The van der Waals surface area contributed by atoms with Crippen molar-refractivity contribution in [2.45, 2.75) is 12.8 Å². The molecule has 0 saturated carbocycles. The Morgan fingerprint density at radius 1 is 1.18 bits per heavy atom. The fourth-order valence-electron chi connectivity index (χ4n) is 2.39. The zero-order valence-electron chi connectivity index (χ0n) is 11.9. The lowest BCUT2D eigenvalue weighted by atomic mass is 9.97. The number of nitrogens with zero attached hydrogens (tertiary/aromatic N) is 1. The molecule has 0 unspecified atom stereocenters. The van der Waals surface area contributed by atoms with Crippen LogP contribution in [0.1, 0.15) is 12.8 Å². The molecular weight excluding hydrogens is 368 g/mol.